The van der Waals surface area contributed by atoms with Crippen molar-refractivity contribution in [1.29, 1.82) is 0 Å². The number of hydrogen-bond acceptors (Lipinski definition) is 4. The van der Waals surface area contributed by atoms with Crippen molar-refractivity contribution in [2.75, 3.05) is 11.9 Å². The number of aliphatic hydroxyl groups is 1. The summed E-state index contributed by atoms with van der Waals surface area (Å²) in [6.45, 7) is -0.124. The summed E-state index contributed by atoms with van der Waals surface area (Å²) in [7, 11) is 0. The van der Waals surface area contributed by atoms with E-state index in [0.29, 0.717) is 11.3 Å². The van der Waals surface area contributed by atoms with Crippen LogP contribution in [0.15, 0.2) is 55.1 Å². The Labute approximate surface area is 149 Å². The highest BCUT2D eigenvalue weighted by molar-refractivity contribution is 5.50. The van der Waals surface area contributed by atoms with E-state index in [-0.39, 0.29) is 18.7 Å². The zero-order chi connectivity index (χ0) is 18.6. The Morgan fingerprint density at radius 2 is 2.08 bits per heavy atom. The summed E-state index contributed by atoms with van der Waals surface area (Å²) in [5.74, 6) is 0.962. The van der Waals surface area contributed by atoms with Crippen LogP contribution in [0.4, 0.5) is 14.5 Å². The lowest BCUT2D eigenvalue weighted by atomic mass is 9.92. The molecule has 1 heterocycles. The van der Waals surface area contributed by atoms with Crippen molar-refractivity contribution in [3.05, 3.63) is 77.9 Å². The van der Waals surface area contributed by atoms with Gasteiger partial charge in [-0.25, -0.2) is 18.4 Å². The zero-order valence-corrected chi connectivity index (χ0v) is 13.7. The van der Waals surface area contributed by atoms with Crippen LogP contribution in [0.1, 0.15) is 11.1 Å². The van der Waals surface area contributed by atoms with Gasteiger partial charge in [0.1, 0.15) is 29.9 Å². The Kier molecular flexibility index (Phi) is 4.96. The summed E-state index contributed by atoms with van der Waals surface area (Å²) >= 11 is 0. The first-order valence-corrected chi connectivity index (χ1v) is 7.81. The van der Waals surface area contributed by atoms with Crippen LogP contribution in [0.5, 0.6) is 0 Å². The molecule has 2 aromatic carbocycles. The monoisotopic (exact) mass is 354 g/mol. The third-order valence-corrected chi connectivity index (χ3v) is 3.94. The molecule has 0 saturated heterocycles. The lowest BCUT2D eigenvalue weighted by molar-refractivity contribution is 0.0247. The van der Waals surface area contributed by atoms with E-state index in [4.69, 9.17) is 6.42 Å². The molecule has 0 aliphatic heterocycles. The van der Waals surface area contributed by atoms with Crippen LogP contribution in [0.2, 0.25) is 0 Å². The van der Waals surface area contributed by atoms with Crippen molar-refractivity contribution >= 4 is 5.69 Å². The maximum absolute atomic E-state index is 14.3. The molecule has 0 bridgehead atoms. The zero-order valence-electron chi connectivity index (χ0n) is 13.7. The van der Waals surface area contributed by atoms with Gasteiger partial charge in [-0.05, 0) is 24.3 Å². The number of nitrogens with one attached hydrogen (secondary N) is 1. The molecule has 0 fully saturated rings. The summed E-state index contributed by atoms with van der Waals surface area (Å²) in [4.78, 5) is 3.82. The SMILES string of the molecule is C#Cc1cccc(NCC(O)(Cn2cncn2)c2ccc(F)cc2F)c1. The van der Waals surface area contributed by atoms with Crippen LogP contribution < -0.4 is 5.32 Å². The van der Waals surface area contributed by atoms with E-state index in [0.717, 1.165) is 12.1 Å². The van der Waals surface area contributed by atoms with E-state index in [9.17, 15) is 13.9 Å². The van der Waals surface area contributed by atoms with Gasteiger partial charge in [-0.3, -0.25) is 0 Å². The Hall–Kier alpha value is -3.24. The maximum atomic E-state index is 14.3. The second-order valence-electron chi connectivity index (χ2n) is 5.83. The van der Waals surface area contributed by atoms with Gasteiger partial charge >= 0.3 is 0 Å². The van der Waals surface area contributed by atoms with Crippen molar-refractivity contribution in [3.63, 3.8) is 0 Å². The molecule has 1 aromatic heterocycles. The molecule has 26 heavy (non-hydrogen) atoms. The third-order valence-electron chi connectivity index (χ3n) is 3.94. The van der Waals surface area contributed by atoms with Crippen molar-refractivity contribution in [3.8, 4) is 12.3 Å². The first-order valence-electron chi connectivity index (χ1n) is 7.81. The number of anilines is 1. The number of benzene rings is 2. The van der Waals surface area contributed by atoms with Gasteiger partial charge in [-0.15, -0.1) is 6.42 Å². The van der Waals surface area contributed by atoms with Crippen molar-refractivity contribution in [2.24, 2.45) is 0 Å². The molecule has 0 aliphatic carbocycles. The van der Waals surface area contributed by atoms with Crippen LogP contribution >= 0.6 is 0 Å². The second-order valence-corrected chi connectivity index (χ2v) is 5.83. The molecule has 0 radical (unpaired) electrons. The molecule has 5 nitrogen and oxygen atoms in total. The Balaban J connectivity index is 1.91. The van der Waals surface area contributed by atoms with E-state index in [1.165, 1.54) is 23.4 Å². The van der Waals surface area contributed by atoms with Crippen LogP contribution in [0.25, 0.3) is 0 Å². The average Bonchev–Trinajstić information content (AvgIpc) is 3.13. The number of halogens is 2. The predicted molar refractivity (Wildman–Crippen MR) is 93.1 cm³/mol. The second kappa shape index (κ2) is 7.33. The molecular formula is C19H16F2N4O. The van der Waals surface area contributed by atoms with Gasteiger partial charge in [0, 0.05) is 29.4 Å². The Morgan fingerprint density at radius 1 is 1.23 bits per heavy atom. The standard InChI is InChI=1S/C19H16F2N4O/c1-2-14-4-3-5-16(8-14)23-10-19(26,11-25-13-22-12-24-25)17-7-6-15(20)9-18(17)21/h1,3-9,12-13,23,26H,10-11H2. The van der Waals surface area contributed by atoms with E-state index in [1.807, 2.05) is 0 Å². The smallest absolute Gasteiger partial charge is 0.137 e. The molecule has 0 saturated carbocycles. The topological polar surface area (TPSA) is 63.0 Å². The third kappa shape index (κ3) is 3.87. The molecule has 2 N–H and O–H groups in total. The highest BCUT2D eigenvalue weighted by Crippen LogP contribution is 2.27. The van der Waals surface area contributed by atoms with Gasteiger partial charge in [0.15, 0.2) is 0 Å². The molecule has 0 amide bonds. The van der Waals surface area contributed by atoms with Gasteiger partial charge in [0.2, 0.25) is 0 Å². The minimum atomic E-state index is -1.70. The fourth-order valence-corrected chi connectivity index (χ4v) is 2.65. The van der Waals surface area contributed by atoms with Gasteiger partial charge in [0.05, 0.1) is 6.54 Å². The number of rotatable bonds is 6. The molecule has 3 aromatic rings. The van der Waals surface area contributed by atoms with E-state index >= 15 is 0 Å². The number of hydrogen-bond donors (Lipinski definition) is 2. The van der Waals surface area contributed by atoms with Crippen LogP contribution in [-0.2, 0) is 12.1 Å². The fourth-order valence-electron chi connectivity index (χ4n) is 2.65. The highest BCUT2D eigenvalue weighted by Gasteiger charge is 2.33. The van der Waals surface area contributed by atoms with Gasteiger partial charge in [-0.2, -0.15) is 5.10 Å². The summed E-state index contributed by atoms with van der Waals surface area (Å²) in [6, 6.07) is 10.1. The minimum absolute atomic E-state index is 0.0463. The van der Waals surface area contributed by atoms with Crippen LogP contribution in [0, 0.1) is 24.0 Å². The Bertz CT molecular complexity index is 937. The predicted octanol–water partition coefficient (Wildman–Crippen LogP) is 2.54. The lowest BCUT2D eigenvalue weighted by Gasteiger charge is -2.29. The molecular weight excluding hydrogens is 338 g/mol. The minimum Gasteiger partial charge on any atom is -0.382 e. The molecule has 0 spiro atoms. The molecule has 132 valence electrons. The van der Waals surface area contributed by atoms with Gasteiger partial charge in [0.25, 0.3) is 0 Å². The van der Waals surface area contributed by atoms with Gasteiger partial charge < -0.3 is 10.4 Å². The maximum Gasteiger partial charge on any atom is 0.137 e. The van der Waals surface area contributed by atoms with E-state index in [2.05, 4.69) is 21.3 Å². The summed E-state index contributed by atoms with van der Waals surface area (Å²) in [6.07, 6.45) is 8.10. The number of nitrogens with zero attached hydrogens (tertiary/aromatic N) is 3. The molecule has 0 aliphatic rings. The lowest BCUT2D eigenvalue weighted by Crippen LogP contribution is -2.39. The van der Waals surface area contributed by atoms with Crippen molar-refractivity contribution in [1.82, 2.24) is 14.8 Å². The highest BCUT2D eigenvalue weighted by atomic mass is 19.1. The van der Waals surface area contributed by atoms with E-state index in [1.54, 1.807) is 24.3 Å². The van der Waals surface area contributed by atoms with Gasteiger partial charge in [-0.1, -0.05) is 18.1 Å². The van der Waals surface area contributed by atoms with Crippen LogP contribution in [-0.4, -0.2) is 26.4 Å². The first-order chi connectivity index (χ1) is 12.5. The molecule has 1 atom stereocenters. The fraction of sp³-hybridized carbons (Fsp3) is 0.158. The van der Waals surface area contributed by atoms with Crippen LogP contribution in [0.3, 0.4) is 0 Å². The van der Waals surface area contributed by atoms with E-state index < -0.39 is 17.2 Å². The quantitative estimate of drug-likeness (QED) is 0.668. The molecule has 7 heteroatoms. The average molecular weight is 354 g/mol. The summed E-state index contributed by atoms with van der Waals surface area (Å²) in [5, 5.41) is 18.2. The number of aromatic nitrogens is 3. The first kappa shape index (κ1) is 17.6. The van der Waals surface area contributed by atoms with Crippen molar-refractivity contribution < 1.29 is 13.9 Å². The summed E-state index contributed by atoms with van der Waals surface area (Å²) < 4.78 is 29.0. The van der Waals surface area contributed by atoms with Crippen molar-refractivity contribution in [2.45, 2.75) is 12.1 Å². The number of terminal acetylenes is 1. The Morgan fingerprint density at radius 3 is 2.77 bits per heavy atom. The largest absolute Gasteiger partial charge is 0.382 e. The molecule has 3 rings (SSSR count). The molecule has 1 unspecified atom stereocenters. The summed E-state index contributed by atoms with van der Waals surface area (Å²) in [5.41, 5.74) is -0.407. The normalized spacial score (nSPS) is 13.0.